The number of nitrogens with one attached hydrogen (secondary N) is 2. The average Bonchev–Trinajstić information content (AvgIpc) is 2.68. The van der Waals surface area contributed by atoms with Gasteiger partial charge in [-0.2, -0.15) is 0 Å². The van der Waals surface area contributed by atoms with Crippen molar-refractivity contribution in [1.29, 1.82) is 0 Å². The second kappa shape index (κ2) is 8.32. The maximum atomic E-state index is 13.0. The van der Waals surface area contributed by atoms with Crippen molar-refractivity contribution < 1.29 is 13.2 Å². The zero-order chi connectivity index (χ0) is 21.9. The molecule has 0 aliphatic carbocycles. The van der Waals surface area contributed by atoms with Crippen LogP contribution in [0.2, 0.25) is 0 Å². The average molecular weight is 423 g/mol. The summed E-state index contributed by atoms with van der Waals surface area (Å²) in [5.74, 6) is -0.260. The number of anilines is 2. The highest BCUT2D eigenvalue weighted by Gasteiger charge is 2.21. The molecule has 3 aromatic carbocycles. The van der Waals surface area contributed by atoms with E-state index in [1.165, 1.54) is 0 Å². The molecule has 2 N–H and O–H groups in total. The Morgan fingerprint density at radius 1 is 0.833 bits per heavy atom. The maximum Gasteiger partial charge on any atom is 0.262 e. The van der Waals surface area contributed by atoms with E-state index in [4.69, 9.17) is 0 Å². The van der Waals surface area contributed by atoms with Crippen LogP contribution in [0.5, 0.6) is 0 Å². The van der Waals surface area contributed by atoms with Gasteiger partial charge in [0.25, 0.3) is 15.9 Å². The summed E-state index contributed by atoms with van der Waals surface area (Å²) in [7, 11) is -3.76. The van der Waals surface area contributed by atoms with Crippen molar-refractivity contribution in [2.45, 2.75) is 38.0 Å². The molecule has 0 saturated heterocycles. The van der Waals surface area contributed by atoms with Gasteiger partial charge in [-0.3, -0.25) is 9.52 Å². The van der Waals surface area contributed by atoms with Crippen LogP contribution < -0.4 is 10.0 Å². The molecule has 0 spiro atoms. The lowest BCUT2D eigenvalue weighted by molar-refractivity contribution is 0.102. The molecular weight excluding hydrogens is 396 g/mol. The van der Waals surface area contributed by atoms with Gasteiger partial charge in [0, 0.05) is 16.9 Å². The second-order valence-corrected chi connectivity index (χ2v) is 9.88. The lowest BCUT2D eigenvalue weighted by Crippen LogP contribution is -2.17. The SMILES string of the molecule is Cc1ccc(C(C)(C)C)cc1S(=O)(=O)Nc1ccc(C(=O)Nc2ccccc2)cc1. The molecule has 6 heteroatoms. The van der Waals surface area contributed by atoms with E-state index in [1.807, 2.05) is 51.1 Å². The van der Waals surface area contributed by atoms with Crippen molar-refractivity contribution in [3.8, 4) is 0 Å². The van der Waals surface area contributed by atoms with E-state index in [2.05, 4.69) is 10.0 Å². The molecule has 1 amide bonds. The summed E-state index contributed by atoms with van der Waals surface area (Å²) < 4.78 is 28.6. The summed E-state index contributed by atoms with van der Waals surface area (Å²) >= 11 is 0. The van der Waals surface area contributed by atoms with Crippen LogP contribution in [0, 0.1) is 6.92 Å². The maximum absolute atomic E-state index is 13.0. The fourth-order valence-corrected chi connectivity index (χ4v) is 4.31. The van der Waals surface area contributed by atoms with E-state index in [-0.39, 0.29) is 16.2 Å². The fourth-order valence-electron chi connectivity index (χ4n) is 2.98. The summed E-state index contributed by atoms with van der Waals surface area (Å²) in [5, 5.41) is 2.80. The Kier molecular flexibility index (Phi) is 5.99. The Bertz CT molecular complexity index is 1150. The number of amides is 1. The molecule has 0 aromatic heterocycles. The summed E-state index contributed by atoms with van der Waals surface area (Å²) in [6.07, 6.45) is 0. The zero-order valence-electron chi connectivity index (χ0n) is 17.6. The third kappa shape index (κ3) is 5.07. The first kappa shape index (κ1) is 21.6. The van der Waals surface area contributed by atoms with Crippen LogP contribution in [0.3, 0.4) is 0 Å². The number of hydrogen-bond acceptors (Lipinski definition) is 3. The Balaban J connectivity index is 1.79. The molecule has 0 bridgehead atoms. The lowest BCUT2D eigenvalue weighted by Gasteiger charge is -2.21. The number of para-hydroxylation sites is 1. The number of rotatable bonds is 5. The molecule has 0 unspecified atom stereocenters. The quantitative estimate of drug-likeness (QED) is 0.582. The van der Waals surface area contributed by atoms with Gasteiger partial charge < -0.3 is 5.32 Å². The highest BCUT2D eigenvalue weighted by atomic mass is 32.2. The zero-order valence-corrected chi connectivity index (χ0v) is 18.4. The van der Waals surface area contributed by atoms with E-state index in [9.17, 15) is 13.2 Å². The van der Waals surface area contributed by atoms with Crippen LogP contribution in [-0.4, -0.2) is 14.3 Å². The number of aryl methyl sites for hydroxylation is 1. The Morgan fingerprint density at radius 3 is 2.07 bits per heavy atom. The molecule has 156 valence electrons. The van der Waals surface area contributed by atoms with Crippen molar-refractivity contribution in [3.63, 3.8) is 0 Å². The van der Waals surface area contributed by atoms with Gasteiger partial charge in [0.1, 0.15) is 0 Å². The summed E-state index contributed by atoms with van der Waals surface area (Å²) in [6.45, 7) is 7.90. The normalized spacial score (nSPS) is 11.7. The number of hydrogen-bond donors (Lipinski definition) is 2. The molecule has 5 nitrogen and oxygen atoms in total. The van der Waals surface area contributed by atoms with Crippen LogP contribution >= 0.6 is 0 Å². The molecule has 0 heterocycles. The second-order valence-electron chi connectivity index (χ2n) is 8.23. The van der Waals surface area contributed by atoms with E-state index >= 15 is 0 Å². The van der Waals surface area contributed by atoms with Crippen molar-refractivity contribution in [1.82, 2.24) is 0 Å². The summed E-state index contributed by atoms with van der Waals surface area (Å²) in [5.41, 5.74) is 2.99. The smallest absolute Gasteiger partial charge is 0.262 e. The Labute approximate surface area is 178 Å². The van der Waals surface area contributed by atoms with Gasteiger partial charge in [-0.25, -0.2) is 8.42 Å². The molecule has 0 aliphatic rings. The Hall–Kier alpha value is -3.12. The molecule has 0 saturated carbocycles. The van der Waals surface area contributed by atoms with Gasteiger partial charge in [-0.15, -0.1) is 0 Å². The molecule has 3 aromatic rings. The predicted molar refractivity (Wildman–Crippen MR) is 122 cm³/mol. The van der Waals surface area contributed by atoms with Gasteiger partial charge >= 0.3 is 0 Å². The molecular formula is C24H26N2O3S. The first-order valence-corrected chi connectivity index (χ1v) is 11.1. The monoisotopic (exact) mass is 422 g/mol. The van der Waals surface area contributed by atoms with E-state index in [1.54, 1.807) is 49.4 Å². The standard InChI is InChI=1S/C24H26N2O3S/c1-17-10-13-19(24(2,3)4)16-22(17)30(28,29)26-21-14-11-18(12-15-21)23(27)25-20-8-6-5-7-9-20/h5-16,26H,1-4H3,(H,25,27). The van der Waals surface area contributed by atoms with Crippen LogP contribution in [0.1, 0.15) is 42.3 Å². The van der Waals surface area contributed by atoms with Crippen LogP contribution in [0.15, 0.2) is 77.7 Å². The molecule has 0 aliphatic heterocycles. The largest absolute Gasteiger partial charge is 0.322 e. The van der Waals surface area contributed by atoms with Gasteiger partial charge in [0.15, 0.2) is 0 Å². The Morgan fingerprint density at radius 2 is 1.47 bits per heavy atom. The van der Waals surface area contributed by atoms with E-state index < -0.39 is 10.0 Å². The van der Waals surface area contributed by atoms with E-state index in [0.717, 1.165) is 5.56 Å². The fraction of sp³-hybridized carbons (Fsp3) is 0.208. The number of carbonyl (C=O) groups excluding carboxylic acids is 1. The highest BCUT2D eigenvalue weighted by Crippen LogP contribution is 2.28. The van der Waals surface area contributed by atoms with Crippen LogP contribution in [-0.2, 0) is 15.4 Å². The third-order valence-electron chi connectivity index (χ3n) is 4.77. The predicted octanol–water partition coefficient (Wildman–Crippen LogP) is 5.35. The van der Waals surface area contributed by atoms with Crippen molar-refractivity contribution in [2.24, 2.45) is 0 Å². The van der Waals surface area contributed by atoms with Crippen LogP contribution in [0.4, 0.5) is 11.4 Å². The molecule has 3 rings (SSSR count). The molecule has 0 radical (unpaired) electrons. The summed E-state index contributed by atoms with van der Waals surface area (Å²) in [6, 6.07) is 21.0. The van der Waals surface area contributed by atoms with Crippen molar-refractivity contribution >= 4 is 27.3 Å². The lowest BCUT2D eigenvalue weighted by atomic mass is 9.87. The minimum absolute atomic E-state index is 0.161. The molecule has 30 heavy (non-hydrogen) atoms. The van der Waals surface area contributed by atoms with Gasteiger partial charge in [0.05, 0.1) is 4.90 Å². The number of benzene rings is 3. The number of sulfonamides is 1. The minimum Gasteiger partial charge on any atom is -0.322 e. The van der Waals surface area contributed by atoms with Crippen molar-refractivity contribution in [2.75, 3.05) is 10.0 Å². The molecule has 0 atom stereocenters. The first-order valence-electron chi connectivity index (χ1n) is 9.67. The highest BCUT2D eigenvalue weighted by molar-refractivity contribution is 7.92. The van der Waals surface area contributed by atoms with Gasteiger partial charge in [-0.05, 0) is 65.9 Å². The van der Waals surface area contributed by atoms with Crippen molar-refractivity contribution in [3.05, 3.63) is 89.5 Å². The summed E-state index contributed by atoms with van der Waals surface area (Å²) in [4.78, 5) is 12.6. The third-order valence-corrected chi connectivity index (χ3v) is 6.30. The number of carbonyl (C=O) groups is 1. The topological polar surface area (TPSA) is 75.3 Å². The van der Waals surface area contributed by atoms with Gasteiger partial charge in [-0.1, -0.05) is 51.1 Å². The first-order chi connectivity index (χ1) is 14.1. The minimum atomic E-state index is -3.76. The van der Waals surface area contributed by atoms with Crippen LogP contribution in [0.25, 0.3) is 0 Å². The van der Waals surface area contributed by atoms with E-state index in [0.29, 0.717) is 22.5 Å². The van der Waals surface area contributed by atoms with Gasteiger partial charge in [0.2, 0.25) is 0 Å². The molecule has 0 fully saturated rings.